The first-order chi connectivity index (χ1) is 8.66. The lowest BCUT2D eigenvalue weighted by atomic mass is 10.1. The summed E-state index contributed by atoms with van der Waals surface area (Å²) in [5.41, 5.74) is 5.33. The van der Waals surface area contributed by atoms with Crippen LogP contribution in [0, 0.1) is 13.8 Å². The predicted molar refractivity (Wildman–Crippen MR) is 70.1 cm³/mol. The lowest BCUT2D eigenvalue weighted by molar-refractivity contribution is -0.120. The van der Waals surface area contributed by atoms with Crippen molar-refractivity contribution in [2.45, 2.75) is 32.7 Å². The SMILES string of the molecule is Cc1ccc(C)n1NCC(=O)NC1CCOCC1. The second-order valence-corrected chi connectivity index (χ2v) is 4.74. The Labute approximate surface area is 107 Å². The fourth-order valence-electron chi connectivity index (χ4n) is 2.19. The molecule has 0 aliphatic carbocycles. The fraction of sp³-hybridized carbons (Fsp3) is 0.615. The summed E-state index contributed by atoms with van der Waals surface area (Å²) in [7, 11) is 0. The first-order valence-electron chi connectivity index (χ1n) is 6.43. The van der Waals surface area contributed by atoms with Crippen molar-refractivity contribution in [1.82, 2.24) is 9.99 Å². The van der Waals surface area contributed by atoms with E-state index in [2.05, 4.69) is 10.7 Å². The van der Waals surface area contributed by atoms with Gasteiger partial charge in [0, 0.05) is 30.6 Å². The van der Waals surface area contributed by atoms with E-state index in [1.807, 2.05) is 30.7 Å². The third-order valence-electron chi connectivity index (χ3n) is 3.26. The number of aromatic nitrogens is 1. The molecule has 0 bridgehead atoms. The average Bonchev–Trinajstić information content (AvgIpc) is 2.68. The van der Waals surface area contributed by atoms with Crippen LogP contribution in [0.4, 0.5) is 0 Å². The van der Waals surface area contributed by atoms with E-state index in [1.165, 1.54) is 0 Å². The van der Waals surface area contributed by atoms with E-state index < -0.39 is 0 Å². The van der Waals surface area contributed by atoms with E-state index >= 15 is 0 Å². The van der Waals surface area contributed by atoms with E-state index in [0.29, 0.717) is 6.54 Å². The van der Waals surface area contributed by atoms with Crippen LogP contribution in [0.25, 0.3) is 0 Å². The van der Waals surface area contributed by atoms with Crippen molar-refractivity contribution in [3.8, 4) is 0 Å². The number of ether oxygens (including phenoxy) is 1. The van der Waals surface area contributed by atoms with Crippen LogP contribution < -0.4 is 10.7 Å². The minimum Gasteiger partial charge on any atom is -0.381 e. The summed E-state index contributed by atoms with van der Waals surface area (Å²) in [6.07, 6.45) is 1.82. The molecule has 5 heteroatoms. The number of hydrogen-bond acceptors (Lipinski definition) is 3. The Morgan fingerprint density at radius 1 is 1.33 bits per heavy atom. The van der Waals surface area contributed by atoms with Gasteiger partial charge in [0.05, 0.1) is 0 Å². The van der Waals surface area contributed by atoms with Gasteiger partial charge in [-0.1, -0.05) is 0 Å². The van der Waals surface area contributed by atoms with Gasteiger partial charge in [-0.2, -0.15) is 0 Å². The van der Waals surface area contributed by atoms with Gasteiger partial charge in [0.15, 0.2) is 0 Å². The molecule has 1 aliphatic rings. The van der Waals surface area contributed by atoms with Crippen LogP contribution in [0.1, 0.15) is 24.2 Å². The van der Waals surface area contributed by atoms with Crippen molar-refractivity contribution in [2.75, 3.05) is 25.2 Å². The molecule has 18 heavy (non-hydrogen) atoms. The second kappa shape index (κ2) is 5.91. The van der Waals surface area contributed by atoms with Crippen molar-refractivity contribution >= 4 is 5.91 Å². The monoisotopic (exact) mass is 251 g/mol. The molecule has 0 atom stereocenters. The number of carbonyl (C=O) groups excluding carboxylic acids is 1. The highest BCUT2D eigenvalue weighted by Crippen LogP contribution is 2.06. The maximum Gasteiger partial charge on any atom is 0.241 e. The molecule has 1 fully saturated rings. The number of nitrogens with zero attached hydrogens (tertiary/aromatic N) is 1. The number of carbonyl (C=O) groups is 1. The Kier molecular flexibility index (Phi) is 4.25. The Morgan fingerprint density at radius 2 is 1.94 bits per heavy atom. The van der Waals surface area contributed by atoms with Crippen LogP contribution in [0.15, 0.2) is 12.1 Å². The molecule has 0 aromatic carbocycles. The Balaban J connectivity index is 1.77. The van der Waals surface area contributed by atoms with E-state index in [0.717, 1.165) is 37.4 Å². The van der Waals surface area contributed by atoms with Crippen LogP contribution in [0.5, 0.6) is 0 Å². The lowest BCUT2D eigenvalue weighted by Crippen LogP contribution is -2.42. The molecule has 2 heterocycles. The number of nitrogens with one attached hydrogen (secondary N) is 2. The van der Waals surface area contributed by atoms with E-state index in [4.69, 9.17) is 4.74 Å². The van der Waals surface area contributed by atoms with Crippen LogP contribution in [-0.4, -0.2) is 36.4 Å². The number of amides is 1. The fourth-order valence-corrected chi connectivity index (χ4v) is 2.19. The van der Waals surface area contributed by atoms with Crippen LogP contribution in [-0.2, 0) is 9.53 Å². The first kappa shape index (κ1) is 13.0. The molecule has 0 unspecified atom stereocenters. The summed E-state index contributed by atoms with van der Waals surface area (Å²) in [6.45, 7) is 5.81. The molecule has 1 amide bonds. The van der Waals surface area contributed by atoms with E-state index in [9.17, 15) is 4.79 Å². The predicted octanol–water partition coefficient (Wildman–Crippen LogP) is 0.944. The Morgan fingerprint density at radius 3 is 2.56 bits per heavy atom. The topological polar surface area (TPSA) is 55.3 Å². The van der Waals surface area contributed by atoms with Crippen LogP contribution >= 0.6 is 0 Å². The molecule has 1 saturated heterocycles. The molecule has 1 aromatic heterocycles. The van der Waals surface area contributed by atoms with Crippen LogP contribution in [0.3, 0.4) is 0 Å². The molecule has 1 aromatic rings. The summed E-state index contributed by atoms with van der Waals surface area (Å²) in [5.74, 6) is 0.0365. The zero-order valence-corrected chi connectivity index (χ0v) is 11.0. The first-order valence-corrected chi connectivity index (χ1v) is 6.43. The molecule has 0 radical (unpaired) electrons. The molecule has 5 nitrogen and oxygen atoms in total. The van der Waals surface area contributed by atoms with Crippen molar-refractivity contribution in [2.24, 2.45) is 0 Å². The van der Waals surface area contributed by atoms with Crippen molar-refractivity contribution in [1.29, 1.82) is 0 Å². The number of hydrogen-bond donors (Lipinski definition) is 2. The van der Waals surface area contributed by atoms with Gasteiger partial charge in [-0.3, -0.25) is 9.47 Å². The third kappa shape index (κ3) is 3.26. The normalized spacial score (nSPS) is 16.6. The molecular formula is C13H21N3O2. The third-order valence-corrected chi connectivity index (χ3v) is 3.26. The minimum absolute atomic E-state index is 0.0365. The van der Waals surface area contributed by atoms with Gasteiger partial charge < -0.3 is 15.5 Å². The zero-order chi connectivity index (χ0) is 13.0. The molecular weight excluding hydrogens is 230 g/mol. The molecule has 0 spiro atoms. The molecule has 2 N–H and O–H groups in total. The second-order valence-electron chi connectivity index (χ2n) is 4.74. The highest BCUT2D eigenvalue weighted by molar-refractivity contribution is 5.79. The molecule has 100 valence electrons. The molecule has 0 saturated carbocycles. The van der Waals surface area contributed by atoms with Crippen molar-refractivity contribution in [3.63, 3.8) is 0 Å². The standard InChI is InChI=1S/C13H21N3O2/c1-10-3-4-11(2)16(10)14-9-13(17)15-12-5-7-18-8-6-12/h3-4,12,14H,5-9H2,1-2H3,(H,15,17). The quantitative estimate of drug-likeness (QED) is 0.837. The Bertz CT molecular complexity index is 389. The van der Waals surface area contributed by atoms with Crippen molar-refractivity contribution < 1.29 is 9.53 Å². The van der Waals surface area contributed by atoms with Gasteiger partial charge >= 0.3 is 0 Å². The number of rotatable bonds is 4. The van der Waals surface area contributed by atoms with Gasteiger partial charge in [-0.05, 0) is 38.8 Å². The van der Waals surface area contributed by atoms with Gasteiger partial charge in [0.1, 0.15) is 6.54 Å². The summed E-state index contributed by atoms with van der Waals surface area (Å²) in [4.78, 5) is 11.8. The smallest absolute Gasteiger partial charge is 0.241 e. The zero-order valence-electron chi connectivity index (χ0n) is 11.0. The summed E-state index contributed by atoms with van der Waals surface area (Å²) < 4.78 is 7.19. The highest BCUT2D eigenvalue weighted by atomic mass is 16.5. The maximum absolute atomic E-state index is 11.8. The summed E-state index contributed by atoms with van der Waals surface area (Å²) >= 11 is 0. The van der Waals surface area contributed by atoms with Gasteiger partial charge in [-0.25, -0.2) is 0 Å². The van der Waals surface area contributed by atoms with Gasteiger partial charge in [0.25, 0.3) is 0 Å². The lowest BCUT2D eigenvalue weighted by Gasteiger charge is -2.23. The summed E-state index contributed by atoms with van der Waals surface area (Å²) in [6, 6.07) is 4.32. The van der Waals surface area contributed by atoms with Gasteiger partial charge in [-0.15, -0.1) is 0 Å². The van der Waals surface area contributed by atoms with Crippen molar-refractivity contribution in [3.05, 3.63) is 23.5 Å². The van der Waals surface area contributed by atoms with Crippen LogP contribution in [0.2, 0.25) is 0 Å². The maximum atomic E-state index is 11.8. The Hall–Kier alpha value is -1.49. The highest BCUT2D eigenvalue weighted by Gasteiger charge is 2.15. The average molecular weight is 251 g/mol. The largest absolute Gasteiger partial charge is 0.381 e. The van der Waals surface area contributed by atoms with Gasteiger partial charge in [0.2, 0.25) is 5.91 Å². The van der Waals surface area contributed by atoms with E-state index in [1.54, 1.807) is 0 Å². The molecule has 1 aliphatic heterocycles. The summed E-state index contributed by atoms with van der Waals surface area (Å²) in [5, 5.41) is 3.03. The number of aryl methyl sites for hydroxylation is 2. The molecule has 2 rings (SSSR count). The minimum atomic E-state index is 0.0365. The van der Waals surface area contributed by atoms with E-state index in [-0.39, 0.29) is 11.9 Å².